The minimum atomic E-state index is -4.33. The fourth-order valence-electron chi connectivity index (χ4n) is 2.81. The van der Waals surface area contributed by atoms with Gasteiger partial charge in [0.2, 0.25) is 0 Å². The molecule has 156 valence electrons. The number of aromatic carboxylic acids is 1. The number of hydrogen-bond acceptors (Lipinski definition) is 3. The molecule has 0 aliphatic heterocycles. The zero-order valence-electron chi connectivity index (χ0n) is 15.9. The maximum Gasteiger partial charge on any atom is 0.416 e. The maximum absolute atomic E-state index is 12.6. The molecule has 0 heterocycles. The van der Waals surface area contributed by atoms with E-state index < -0.39 is 17.7 Å². The Morgan fingerprint density at radius 2 is 1.60 bits per heavy atom. The molecule has 30 heavy (non-hydrogen) atoms. The summed E-state index contributed by atoms with van der Waals surface area (Å²) >= 11 is 0. The fraction of sp³-hybridized carbons (Fsp3) is 0.174. The van der Waals surface area contributed by atoms with Crippen LogP contribution in [0, 0.1) is 0 Å². The van der Waals surface area contributed by atoms with Gasteiger partial charge in [-0.15, -0.1) is 0 Å². The van der Waals surface area contributed by atoms with Crippen LogP contribution < -0.4 is 9.47 Å². The molecule has 0 atom stereocenters. The minimum absolute atomic E-state index is 0.0559. The standard InChI is InChI=1S/C23H19F3O4/c24-23(25,26)17-12-10-16(11-13-17)5-4-14-29-18-6-3-7-19(15-18)30-21-9-2-1-8-20(21)22(27)28/h1-3,6-13,15H,4-5,14H2,(H,27,28). The molecule has 0 aromatic heterocycles. The average Bonchev–Trinajstić information content (AvgIpc) is 2.71. The molecule has 0 aliphatic carbocycles. The highest BCUT2D eigenvalue weighted by Crippen LogP contribution is 2.30. The number of ether oxygens (including phenoxy) is 2. The van der Waals surface area contributed by atoms with Crippen LogP contribution in [0.2, 0.25) is 0 Å². The van der Waals surface area contributed by atoms with Crippen LogP contribution >= 0.6 is 0 Å². The predicted octanol–water partition coefficient (Wildman–Crippen LogP) is 6.21. The monoisotopic (exact) mass is 416 g/mol. The molecule has 0 amide bonds. The van der Waals surface area contributed by atoms with Crippen molar-refractivity contribution in [3.8, 4) is 17.2 Å². The van der Waals surface area contributed by atoms with E-state index >= 15 is 0 Å². The SMILES string of the molecule is O=C(O)c1ccccc1Oc1cccc(OCCCc2ccc(C(F)(F)F)cc2)c1. The van der Waals surface area contributed by atoms with Gasteiger partial charge in [0.25, 0.3) is 0 Å². The molecule has 0 fully saturated rings. The topological polar surface area (TPSA) is 55.8 Å². The zero-order chi connectivity index (χ0) is 21.6. The Bertz CT molecular complexity index is 998. The first-order chi connectivity index (χ1) is 14.3. The number of hydrogen-bond donors (Lipinski definition) is 1. The van der Waals surface area contributed by atoms with Crippen LogP contribution in [0.3, 0.4) is 0 Å². The molecule has 3 aromatic carbocycles. The van der Waals surface area contributed by atoms with Gasteiger partial charge in [-0.25, -0.2) is 4.79 Å². The molecule has 0 saturated carbocycles. The summed E-state index contributed by atoms with van der Waals surface area (Å²) in [6.45, 7) is 0.371. The molecule has 4 nitrogen and oxygen atoms in total. The Morgan fingerprint density at radius 3 is 2.30 bits per heavy atom. The van der Waals surface area contributed by atoms with Crippen LogP contribution in [0.1, 0.15) is 27.9 Å². The van der Waals surface area contributed by atoms with Crippen LogP contribution in [0.4, 0.5) is 13.2 Å². The predicted molar refractivity (Wildman–Crippen MR) is 105 cm³/mol. The highest BCUT2D eigenvalue weighted by Gasteiger charge is 2.29. The van der Waals surface area contributed by atoms with E-state index in [2.05, 4.69) is 0 Å². The van der Waals surface area contributed by atoms with Gasteiger partial charge in [0, 0.05) is 6.07 Å². The second kappa shape index (κ2) is 9.35. The Balaban J connectivity index is 1.53. The molecule has 7 heteroatoms. The van der Waals surface area contributed by atoms with Crippen LogP contribution in [0.5, 0.6) is 17.2 Å². The van der Waals surface area contributed by atoms with Gasteiger partial charge >= 0.3 is 12.1 Å². The van der Waals surface area contributed by atoms with Crippen molar-refractivity contribution in [2.24, 2.45) is 0 Å². The Kier molecular flexibility index (Phi) is 6.61. The first-order valence-corrected chi connectivity index (χ1v) is 9.22. The normalized spacial score (nSPS) is 11.2. The molecule has 3 aromatic rings. The summed E-state index contributed by atoms with van der Waals surface area (Å²) in [5, 5.41) is 9.23. The maximum atomic E-state index is 12.6. The molecular formula is C23H19F3O4. The van der Waals surface area contributed by atoms with Crippen molar-refractivity contribution in [2.75, 3.05) is 6.61 Å². The number of carbonyl (C=O) groups is 1. The van der Waals surface area contributed by atoms with Crippen LogP contribution in [0.15, 0.2) is 72.8 Å². The van der Waals surface area contributed by atoms with Crippen molar-refractivity contribution >= 4 is 5.97 Å². The average molecular weight is 416 g/mol. The van der Waals surface area contributed by atoms with Crippen LogP contribution in [-0.2, 0) is 12.6 Å². The molecule has 3 rings (SSSR count). The highest BCUT2D eigenvalue weighted by molar-refractivity contribution is 5.90. The third kappa shape index (κ3) is 5.76. The molecular weight excluding hydrogens is 397 g/mol. The van der Waals surface area contributed by atoms with E-state index in [0.29, 0.717) is 30.9 Å². The van der Waals surface area contributed by atoms with Gasteiger partial charge in [-0.05, 0) is 54.8 Å². The lowest BCUT2D eigenvalue weighted by atomic mass is 10.1. The summed E-state index contributed by atoms with van der Waals surface area (Å²) in [4.78, 5) is 11.3. The molecule has 0 aliphatic rings. The van der Waals surface area contributed by atoms with Gasteiger partial charge in [0.15, 0.2) is 0 Å². The Morgan fingerprint density at radius 1 is 0.900 bits per heavy atom. The Labute approximate surface area is 171 Å². The lowest BCUT2D eigenvalue weighted by molar-refractivity contribution is -0.137. The third-order valence-corrected chi connectivity index (χ3v) is 4.31. The number of para-hydroxylation sites is 1. The van der Waals surface area contributed by atoms with Crippen molar-refractivity contribution < 1.29 is 32.5 Å². The van der Waals surface area contributed by atoms with E-state index in [-0.39, 0.29) is 11.3 Å². The first kappa shape index (κ1) is 21.2. The van der Waals surface area contributed by atoms with Crippen molar-refractivity contribution in [3.05, 3.63) is 89.5 Å². The molecule has 0 radical (unpaired) electrons. The van der Waals surface area contributed by atoms with E-state index in [4.69, 9.17) is 9.47 Å². The number of carboxylic acid groups (broad SMARTS) is 1. The van der Waals surface area contributed by atoms with Crippen LogP contribution in [-0.4, -0.2) is 17.7 Å². The van der Waals surface area contributed by atoms with Gasteiger partial charge in [-0.2, -0.15) is 13.2 Å². The number of halogens is 3. The number of benzene rings is 3. The number of rotatable bonds is 8. The van der Waals surface area contributed by atoms with E-state index in [9.17, 15) is 23.1 Å². The highest BCUT2D eigenvalue weighted by atomic mass is 19.4. The van der Waals surface area contributed by atoms with Crippen molar-refractivity contribution in [1.82, 2.24) is 0 Å². The minimum Gasteiger partial charge on any atom is -0.493 e. The summed E-state index contributed by atoms with van der Waals surface area (Å²) in [5.74, 6) is 0.127. The van der Waals surface area contributed by atoms with Gasteiger partial charge < -0.3 is 14.6 Å². The van der Waals surface area contributed by atoms with Gasteiger partial charge in [-0.3, -0.25) is 0 Å². The molecule has 0 spiro atoms. The lowest BCUT2D eigenvalue weighted by Crippen LogP contribution is -2.05. The summed E-state index contributed by atoms with van der Waals surface area (Å²) < 4.78 is 49.1. The van der Waals surface area contributed by atoms with Gasteiger partial charge in [0.05, 0.1) is 12.2 Å². The van der Waals surface area contributed by atoms with E-state index in [0.717, 1.165) is 17.7 Å². The number of aryl methyl sites for hydroxylation is 1. The van der Waals surface area contributed by atoms with Gasteiger partial charge in [0.1, 0.15) is 22.8 Å². The number of alkyl halides is 3. The third-order valence-electron chi connectivity index (χ3n) is 4.31. The molecule has 1 N–H and O–H groups in total. The molecule has 0 unspecified atom stereocenters. The second-order valence-corrected chi connectivity index (χ2v) is 6.52. The molecule has 0 saturated heterocycles. The number of carboxylic acids is 1. The lowest BCUT2D eigenvalue weighted by Gasteiger charge is -2.11. The summed E-state index contributed by atoms with van der Waals surface area (Å²) in [6.07, 6.45) is -3.13. The summed E-state index contributed by atoms with van der Waals surface area (Å²) in [6, 6.07) is 18.2. The first-order valence-electron chi connectivity index (χ1n) is 9.22. The zero-order valence-corrected chi connectivity index (χ0v) is 15.9. The van der Waals surface area contributed by atoms with Crippen molar-refractivity contribution in [2.45, 2.75) is 19.0 Å². The second-order valence-electron chi connectivity index (χ2n) is 6.52. The summed E-state index contributed by atoms with van der Waals surface area (Å²) in [5.41, 5.74) is 0.193. The smallest absolute Gasteiger partial charge is 0.416 e. The van der Waals surface area contributed by atoms with Crippen molar-refractivity contribution in [1.29, 1.82) is 0 Å². The quantitative estimate of drug-likeness (QED) is 0.444. The largest absolute Gasteiger partial charge is 0.493 e. The Hall–Kier alpha value is -3.48. The van der Waals surface area contributed by atoms with E-state index in [1.165, 1.54) is 18.2 Å². The van der Waals surface area contributed by atoms with Gasteiger partial charge in [-0.1, -0.05) is 30.3 Å². The van der Waals surface area contributed by atoms with Crippen LogP contribution in [0.25, 0.3) is 0 Å². The summed E-state index contributed by atoms with van der Waals surface area (Å²) in [7, 11) is 0. The van der Waals surface area contributed by atoms with Crippen molar-refractivity contribution in [3.63, 3.8) is 0 Å². The fourth-order valence-corrected chi connectivity index (χ4v) is 2.81. The van der Waals surface area contributed by atoms with E-state index in [1.54, 1.807) is 42.5 Å². The van der Waals surface area contributed by atoms with E-state index in [1.807, 2.05) is 0 Å². The molecule has 0 bridgehead atoms.